The fraction of sp³-hybridized carbons (Fsp3) is 0.280. The maximum atomic E-state index is 15.0. The Balaban J connectivity index is 1.47. The first-order valence-corrected chi connectivity index (χ1v) is 10.6. The SMILES string of the molecule is COC(=O)C1(COc2cc3nccc(Oc4ccc5[nH]c(C)cc5c4F)c3cc2OC)CC1. The summed E-state index contributed by atoms with van der Waals surface area (Å²) in [7, 11) is 2.90. The fourth-order valence-electron chi connectivity index (χ4n) is 3.97. The summed E-state index contributed by atoms with van der Waals surface area (Å²) < 4.78 is 37.4. The second kappa shape index (κ2) is 7.95. The van der Waals surface area contributed by atoms with Crippen molar-refractivity contribution in [2.45, 2.75) is 19.8 Å². The van der Waals surface area contributed by atoms with E-state index >= 15 is 4.39 Å². The van der Waals surface area contributed by atoms with Gasteiger partial charge in [0.15, 0.2) is 23.1 Å². The van der Waals surface area contributed by atoms with E-state index in [1.807, 2.05) is 6.92 Å². The Morgan fingerprint density at radius 3 is 2.61 bits per heavy atom. The van der Waals surface area contributed by atoms with Gasteiger partial charge in [0.25, 0.3) is 0 Å². The summed E-state index contributed by atoms with van der Waals surface area (Å²) in [5, 5.41) is 1.11. The van der Waals surface area contributed by atoms with Crippen LogP contribution in [0.25, 0.3) is 21.8 Å². The minimum absolute atomic E-state index is 0.113. The summed E-state index contributed by atoms with van der Waals surface area (Å²) in [6.07, 6.45) is 3.03. The van der Waals surface area contributed by atoms with Crippen molar-refractivity contribution in [1.29, 1.82) is 0 Å². The molecule has 0 amide bonds. The van der Waals surface area contributed by atoms with Crippen LogP contribution in [0, 0.1) is 18.2 Å². The Bertz CT molecular complexity index is 1380. The van der Waals surface area contributed by atoms with E-state index in [0.29, 0.717) is 39.1 Å². The Hall–Kier alpha value is -3.81. The normalized spacial score (nSPS) is 14.3. The molecule has 1 aliphatic carbocycles. The third kappa shape index (κ3) is 3.71. The third-order valence-electron chi connectivity index (χ3n) is 6.02. The number of rotatable bonds is 7. The first-order valence-electron chi connectivity index (χ1n) is 10.6. The Morgan fingerprint density at radius 2 is 1.88 bits per heavy atom. The number of hydrogen-bond donors (Lipinski definition) is 1. The Kier molecular flexibility index (Phi) is 5.08. The van der Waals surface area contributed by atoms with E-state index in [9.17, 15) is 4.79 Å². The molecule has 0 bridgehead atoms. The second-order valence-corrected chi connectivity index (χ2v) is 8.28. The smallest absolute Gasteiger partial charge is 0.315 e. The maximum absolute atomic E-state index is 15.0. The van der Waals surface area contributed by atoms with Crippen molar-refractivity contribution in [3.05, 3.63) is 54.1 Å². The van der Waals surface area contributed by atoms with Crippen molar-refractivity contribution in [3.8, 4) is 23.0 Å². The van der Waals surface area contributed by atoms with Crippen LogP contribution in [-0.2, 0) is 9.53 Å². The predicted molar refractivity (Wildman–Crippen MR) is 121 cm³/mol. The summed E-state index contributed by atoms with van der Waals surface area (Å²) in [5.74, 6) is 0.753. The van der Waals surface area contributed by atoms with E-state index in [1.165, 1.54) is 14.2 Å². The molecule has 33 heavy (non-hydrogen) atoms. The highest BCUT2D eigenvalue weighted by Crippen LogP contribution is 2.48. The monoisotopic (exact) mass is 450 g/mol. The zero-order valence-electron chi connectivity index (χ0n) is 18.5. The van der Waals surface area contributed by atoms with Gasteiger partial charge in [-0.15, -0.1) is 0 Å². The lowest BCUT2D eigenvalue weighted by molar-refractivity contribution is -0.148. The second-order valence-electron chi connectivity index (χ2n) is 8.28. The summed E-state index contributed by atoms with van der Waals surface area (Å²) in [6.45, 7) is 2.07. The van der Waals surface area contributed by atoms with Crippen LogP contribution >= 0.6 is 0 Å². The van der Waals surface area contributed by atoms with Crippen LogP contribution in [0.5, 0.6) is 23.0 Å². The zero-order valence-corrected chi connectivity index (χ0v) is 18.5. The molecule has 2 aromatic carbocycles. The maximum Gasteiger partial charge on any atom is 0.315 e. The van der Waals surface area contributed by atoms with Gasteiger partial charge in [-0.3, -0.25) is 9.78 Å². The van der Waals surface area contributed by atoms with E-state index in [1.54, 1.807) is 42.6 Å². The van der Waals surface area contributed by atoms with Gasteiger partial charge in [0.05, 0.1) is 19.7 Å². The standard InChI is InChI=1S/C25H23FN2O5/c1-14-10-16-17(28-14)4-5-20(23(16)26)33-19-6-9-27-18-12-22(21(30-2)11-15(18)19)32-13-25(7-8-25)24(29)31-3/h4-6,9-12,28H,7-8,13H2,1-3H3. The number of pyridine rings is 1. The molecule has 1 fully saturated rings. The lowest BCUT2D eigenvalue weighted by Gasteiger charge is -2.17. The van der Waals surface area contributed by atoms with Crippen molar-refractivity contribution < 1.29 is 28.1 Å². The van der Waals surface area contributed by atoms with Gasteiger partial charge in [0.2, 0.25) is 0 Å². The number of fused-ring (bicyclic) bond motifs is 2. The Labute approximate surface area is 189 Å². The fourth-order valence-corrected chi connectivity index (χ4v) is 3.97. The molecule has 1 saturated carbocycles. The molecule has 1 aliphatic rings. The number of halogens is 1. The van der Waals surface area contributed by atoms with Gasteiger partial charge in [-0.2, -0.15) is 0 Å². The summed E-state index contributed by atoms with van der Waals surface area (Å²) >= 11 is 0. The molecule has 0 aliphatic heterocycles. The summed E-state index contributed by atoms with van der Waals surface area (Å²) in [6, 6.07) is 10.3. The molecule has 2 aromatic heterocycles. The first kappa shape index (κ1) is 21.1. The predicted octanol–water partition coefficient (Wildman–Crippen LogP) is 5.30. The molecule has 1 N–H and O–H groups in total. The van der Waals surface area contributed by atoms with E-state index in [4.69, 9.17) is 18.9 Å². The van der Waals surface area contributed by atoms with Gasteiger partial charge >= 0.3 is 5.97 Å². The number of esters is 1. The molecule has 5 rings (SSSR count). The van der Waals surface area contributed by atoms with Gasteiger partial charge in [0, 0.05) is 34.2 Å². The molecule has 0 radical (unpaired) electrons. The van der Waals surface area contributed by atoms with Gasteiger partial charge < -0.3 is 23.9 Å². The number of ether oxygens (including phenoxy) is 4. The number of aryl methyl sites for hydroxylation is 1. The van der Waals surface area contributed by atoms with Gasteiger partial charge in [0.1, 0.15) is 17.8 Å². The molecule has 0 saturated heterocycles. The van der Waals surface area contributed by atoms with Gasteiger partial charge in [-0.25, -0.2) is 4.39 Å². The van der Waals surface area contributed by atoms with Crippen LogP contribution in [0.2, 0.25) is 0 Å². The van der Waals surface area contributed by atoms with Crippen LogP contribution in [-0.4, -0.2) is 36.8 Å². The first-order chi connectivity index (χ1) is 15.9. The van der Waals surface area contributed by atoms with E-state index in [2.05, 4.69) is 9.97 Å². The molecule has 170 valence electrons. The summed E-state index contributed by atoms with van der Waals surface area (Å²) in [4.78, 5) is 19.5. The highest BCUT2D eigenvalue weighted by atomic mass is 19.1. The molecule has 0 spiro atoms. The minimum Gasteiger partial charge on any atom is -0.493 e. The lowest BCUT2D eigenvalue weighted by Crippen LogP contribution is -2.24. The topological polar surface area (TPSA) is 82.7 Å². The van der Waals surface area contributed by atoms with Crippen molar-refractivity contribution >= 4 is 27.8 Å². The number of hydrogen-bond acceptors (Lipinski definition) is 6. The molecule has 8 heteroatoms. The van der Waals surface area contributed by atoms with E-state index in [0.717, 1.165) is 18.5 Å². The number of methoxy groups -OCH3 is 2. The van der Waals surface area contributed by atoms with Crippen LogP contribution in [0.4, 0.5) is 4.39 Å². The van der Waals surface area contributed by atoms with Crippen molar-refractivity contribution in [1.82, 2.24) is 9.97 Å². The number of carbonyl (C=O) groups excluding carboxylic acids is 1. The van der Waals surface area contributed by atoms with Crippen molar-refractivity contribution in [3.63, 3.8) is 0 Å². The molecular formula is C25H23FN2O5. The van der Waals surface area contributed by atoms with E-state index < -0.39 is 11.2 Å². The Morgan fingerprint density at radius 1 is 1.06 bits per heavy atom. The summed E-state index contributed by atoms with van der Waals surface area (Å²) in [5.41, 5.74) is 1.57. The molecular weight excluding hydrogens is 427 g/mol. The van der Waals surface area contributed by atoms with Crippen LogP contribution in [0.1, 0.15) is 18.5 Å². The van der Waals surface area contributed by atoms with Crippen LogP contribution in [0.3, 0.4) is 0 Å². The zero-order chi connectivity index (χ0) is 23.2. The van der Waals surface area contributed by atoms with Crippen LogP contribution < -0.4 is 14.2 Å². The molecule has 7 nitrogen and oxygen atoms in total. The minimum atomic E-state index is -0.597. The van der Waals surface area contributed by atoms with Gasteiger partial charge in [-0.1, -0.05) is 0 Å². The quantitative estimate of drug-likeness (QED) is 0.385. The number of benzene rings is 2. The number of aromatic amines is 1. The third-order valence-corrected chi connectivity index (χ3v) is 6.02. The average molecular weight is 450 g/mol. The van der Waals surface area contributed by atoms with E-state index in [-0.39, 0.29) is 18.3 Å². The number of H-pyrrole nitrogens is 1. The number of nitrogens with one attached hydrogen (secondary N) is 1. The number of aromatic nitrogens is 2. The molecule has 4 aromatic rings. The van der Waals surface area contributed by atoms with Crippen molar-refractivity contribution in [2.75, 3.05) is 20.8 Å². The van der Waals surface area contributed by atoms with Crippen molar-refractivity contribution in [2.24, 2.45) is 5.41 Å². The lowest BCUT2D eigenvalue weighted by atomic mass is 10.1. The van der Waals surface area contributed by atoms with Crippen LogP contribution in [0.15, 0.2) is 42.6 Å². The number of carbonyl (C=O) groups is 1. The number of nitrogens with zero attached hydrogens (tertiary/aromatic N) is 1. The average Bonchev–Trinajstić information content (AvgIpc) is 3.52. The molecule has 0 atom stereocenters. The largest absolute Gasteiger partial charge is 0.493 e. The highest BCUT2D eigenvalue weighted by Gasteiger charge is 2.52. The molecule has 0 unspecified atom stereocenters. The molecule has 2 heterocycles. The van der Waals surface area contributed by atoms with Gasteiger partial charge in [-0.05, 0) is 50.1 Å². The highest BCUT2D eigenvalue weighted by molar-refractivity contribution is 5.89.